The highest BCUT2D eigenvalue weighted by Crippen LogP contribution is 1.85. The Bertz CT molecular complexity index is 84.3. The van der Waals surface area contributed by atoms with Gasteiger partial charge in [-0.2, -0.15) is 0 Å². The summed E-state index contributed by atoms with van der Waals surface area (Å²) in [7, 11) is 0. The molecule has 0 aliphatic carbocycles. The highest BCUT2D eigenvalue weighted by Gasteiger charge is 1.81. The SMILES string of the molecule is [C]1=COCCC=N1. The predicted molar refractivity (Wildman–Crippen MR) is 26.9 cm³/mol. The quantitative estimate of drug-likeness (QED) is 0.436. The Morgan fingerprint density at radius 1 is 1.71 bits per heavy atom. The van der Waals surface area contributed by atoms with Gasteiger partial charge in [0.15, 0.2) is 0 Å². The summed E-state index contributed by atoms with van der Waals surface area (Å²) >= 11 is 0. The lowest BCUT2D eigenvalue weighted by atomic mass is 10.5. The van der Waals surface area contributed by atoms with Gasteiger partial charge in [-0.05, 0) is 0 Å². The van der Waals surface area contributed by atoms with E-state index in [1.165, 1.54) is 6.26 Å². The van der Waals surface area contributed by atoms with Gasteiger partial charge in [0.05, 0.1) is 6.61 Å². The number of ether oxygens (including phenoxy) is 1. The molecule has 0 fully saturated rings. The molecule has 0 amide bonds. The summed E-state index contributed by atoms with van der Waals surface area (Å²) in [4.78, 5) is 3.72. The maximum Gasteiger partial charge on any atom is 0.126 e. The maximum absolute atomic E-state index is 4.83. The number of hydrogen-bond donors (Lipinski definition) is 0. The van der Waals surface area contributed by atoms with Crippen molar-refractivity contribution in [3.8, 4) is 0 Å². The van der Waals surface area contributed by atoms with E-state index in [0.717, 1.165) is 13.0 Å². The van der Waals surface area contributed by atoms with Crippen LogP contribution < -0.4 is 0 Å². The molecule has 0 saturated carbocycles. The third kappa shape index (κ3) is 1.39. The molecular formula is C5H6NO. The fraction of sp³-hybridized carbons (Fsp3) is 0.400. The van der Waals surface area contributed by atoms with Crippen molar-refractivity contribution in [3.63, 3.8) is 0 Å². The van der Waals surface area contributed by atoms with Crippen LogP contribution in [0.3, 0.4) is 0 Å². The average molecular weight is 96.1 g/mol. The lowest BCUT2D eigenvalue weighted by Gasteiger charge is -1.88. The summed E-state index contributed by atoms with van der Waals surface area (Å²) in [6.07, 6.45) is 6.72. The summed E-state index contributed by atoms with van der Waals surface area (Å²) in [5.74, 6) is 0. The van der Waals surface area contributed by atoms with Crippen LogP contribution in [-0.2, 0) is 4.74 Å². The van der Waals surface area contributed by atoms with E-state index in [1.807, 2.05) is 0 Å². The molecule has 0 N–H and O–H groups in total. The van der Waals surface area contributed by atoms with Crippen molar-refractivity contribution in [2.24, 2.45) is 4.99 Å². The van der Waals surface area contributed by atoms with Gasteiger partial charge in [-0.25, -0.2) is 0 Å². The van der Waals surface area contributed by atoms with Gasteiger partial charge in [-0.15, -0.1) is 0 Å². The molecule has 1 rings (SSSR count). The van der Waals surface area contributed by atoms with Crippen LogP contribution in [0.5, 0.6) is 0 Å². The van der Waals surface area contributed by atoms with Crippen LogP contribution >= 0.6 is 0 Å². The van der Waals surface area contributed by atoms with Crippen molar-refractivity contribution in [2.75, 3.05) is 6.61 Å². The minimum Gasteiger partial charge on any atom is -0.498 e. The van der Waals surface area contributed by atoms with E-state index in [0.29, 0.717) is 0 Å². The highest BCUT2D eigenvalue weighted by molar-refractivity contribution is 5.57. The van der Waals surface area contributed by atoms with Gasteiger partial charge in [0, 0.05) is 12.6 Å². The molecule has 2 nitrogen and oxygen atoms in total. The molecule has 0 aromatic carbocycles. The lowest BCUT2D eigenvalue weighted by Crippen LogP contribution is -1.83. The van der Waals surface area contributed by atoms with Crippen molar-refractivity contribution in [3.05, 3.63) is 12.5 Å². The standard InChI is InChI=1S/C5H6NO/c1-2-6-3-5-7-4-1/h2,5H,1,4H2. The molecule has 0 bridgehead atoms. The minimum absolute atomic E-state index is 0.733. The summed E-state index contributed by atoms with van der Waals surface area (Å²) in [6, 6.07) is 0. The zero-order valence-electron chi connectivity index (χ0n) is 3.92. The molecule has 7 heavy (non-hydrogen) atoms. The zero-order valence-corrected chi connectivity index (χ0v) is 3.92. The van der Waals surface area contributed by atoms with E-state index >= 15 is 0 Å². The molecule has 0 unspecified atom stereocenters. The summed E-state index contributed by atoms with van der Waals surface area (Å²) in [5.41, 5.74) is 0. The maximum atomic E-state index is 4.83. The Kier molecular flexibility index (Phi) is 1.50. The monoisotopic (exact) mass is 96.0 g/mol. The van der Waals surface area contributed by atoms with Crippen LogP contribution in [0.25, 0.3) is 0 Å². The topological polar surface area (TPSA) is 21.6 Å². The Hall–Kier alpha value is -0.790. The van der Waals surface area contributed by atoms with E-state index in [2.05, 4.69) is 11.2 Å². The molecule has 0 aromatic heterocycles. The summed E-state index contributed by atoms with van der Waals surface area (Å²) in [5, 5.41) is 0. The Labute approximate surface area is 42.5 Å². The Balaban J connectivity index is 2.39. The lowest BCUT2D eigenvalue weighted by molar-refractivity contribution is 0.261. The Morgan fingerprint density at radius 3 is 3.71 bits per heavy atom. The average Bonchev–Trinajstić information content (AvgIpc) is 1.90. The minimum atomic E-state index is 0.733. The number of aliphatic imine (C=N–C) groups is 1. The first-order chi connectivity index (χ1) is 3.50. The molecular weight excluding hydrogens is 90.1 g/mol. The molecule has 1 heterocycles. The third-order valence-corrected chi connectivity index (χ3v) is 0.667. The smallest absolute Gasteiger partial charge is 0.126 e. The van der Waals surface area contributed by atoms with Crippen LogP contribution in [0.4, 0.5) is 0 Å². The van der Waals surface area contributed by atoms with Gasteiger partial charge in [0.2, 0.25) is 0 Å². The first-order valence-corrected chi connectivity index (χ1v) is 2.20. The first kappa shape index (κ1) is 4.37. The van der Waals surface area contributed by atoms with Gasteiger partial charge < -0.3 is 4.74 Å². The van der Waals surface area contributed by atoms with Crippen molar-refractivity contribution >= 4 is 6.21 Å². The number of rotatable bonds is 0. The molecule has 1 aliphatic rings. The molecule has 37 valence electrons. The second-order valence-corrected chi connectivity index (χ2v) is 1.22. The Morgan fingerprint density at radius 2 is 2.71 bits per heavy atom. The number of nitrogens with zero attached hydrogens (tertiary/aromatic N) is 1. The highest BCUT2D eigenvalue weighted by atomic mass is 16.5. The van der Waals surface area contributed by atoms with Crippen molar-refractivity contribution < 1.29 is 4.74 Å². The largest absolute Gasteiger partial charge is 0.498 e. The first-order valence-electron chi connectivity index (χ1n) is 2.20. The normalized spacial score (nSPS) is 18.3. The second kappa shape index (κ2) is 2.39. The molecule has 0 aromatic rings. The van der Waals surface area contributed by atoms with Crippen LogP contribution in [0.15, 0.2) is 11.3 Å². The van der Waals surface area contributed by atoms with E-state index < -0.39 is 0 Å². The van der Waals surface area contributed by atoms with Gasteiger partial charge in [0.25, 0.3) is 0 Å². The van der Waals surface area contributed by atoms with E-state index in [9.17, 15) is 0 Å². The van der Waals surface area contributed by atoms with E-state index in [1.54, 1.807) is 6.21 Å². The fourth-order valence-electron chi connectivity index (χ4n) is 0.365. The third-order valence-electron chi connectivity index (χ3n) is 0.667. The second-order valence-electron chi connectivity index (χ2n) is 1.22. The van der Waals surface area contributed by atoms with E-state index in [4.69, 9.17) is 4.74 Å². The summed E-state index contributed by atoms with van der Waals surface area (Å²) < 4.78 is 4.83. The van der Waals surface area contributed by atoms with Crippen molar-refractivity contribution in [1.82, 2.24) is 0 Å². The molecule has 1 radical (unpaired) electrons. The van der Waals surface area contributed by atoms with E-state index in [-0.39, 0.29) is 0 Å². The van der Waals surface area contributed by atoms with Crippen molar-refractivity contribution in [1.29, 1.82) is 0 Å². The molecule has 1 aliphatic heterocycles. The van der Waals surface area contributed by atoms with Gasteiger partial charge in [0.1, 0.15) is 12.5 Å². The zero-order chi connectivity index (χ0) is 4.95. The van der Waals surface area contributed by atoms with Gasteiger partial charge in [-0.3, -0.25) is 4.99 Å². The number of hydrogen-bond acceptors (Lipinski definition) is 2. The van der Waals surface area contributed by atoms with Crippen LogP contribution in [0.1, 0.15) is 6.42 Å². The van der Waals surface area contributed by atoms with Crippen LogP contribution in [-0.4, -0.2) is 12.8 Å². The summed E-state index contributed by atoms with van der Waals surface area (Å²) in [6.45, 7) is 0.733. The fourth-order valence-corrected chi connectivity index (χ4v) is 0.365. The predicted octanol–water partition coefficient (Wildman–Crippen LogP) is 0.752. The van der Waals surface area contributed by atoms with Crippen LogP contribution in [0, 0.1) is 6.20 Å². The molecule has 0 spiro atoms. The van der Waals surface area contributed by atoms with Gasteiger partial charge in [-0.1, -0.05) is 0 Å². The molecule has 2 heteroatoms. The van der Waals surface area contributed by atoms with Crippen molar-refractivity contribution in [2.45, 2.75) is 6.42 Å². The molecule has 0 atom stereocenters. The van der Waals surface area contributed by atoms with Crippen LogP contribution in [0.2, 0.25) is 0 Å². The molecule has 0 saturated heterocycles. The van der Waals surface area contributed by atoms with Gasteiger partial charge >= 0.3 is 0 Å².